The van der Waals surface area contributed by atoms with Gasteiger partial charge in [-0.25, -0.2) is 9.78 Å². The first-order valence-corrected chi connectivity index (χ1v) is 7.96. The number of para-hydroxylation sites is 1. The molecule has 0 spiro atoms. The van der Waals surface area contributed by atoms with Crippen LogP contribution in [0.5, 0.6) is 0 Å². The second-order valence-electron chi connectivity index (χ2n) is 4.92. The summed E-state index contributed by atoms with van der Waals surface area (Å²) >= 11 is 1.53. The number of amides is 3. The van der Waals surface area contributed by atoms with Crippen molar-refractivity contribution >= 4 is 23.7 Å². The van der Waals surface area contributed by atoms with Gasteiger partial charge in [0.05, 0.1) is 12.2 Å². The van der Waals surface area contributed by atoms with Gasteiger partial charge < -0.3 is 5.32 Å². The topological polar surface area (TPSA) is 67.2 Å². The van der Waals surface area contributed by atoms with Crippen LogP contribution in [-0.2, 0) is 4.79 Å². The molecule has 1 saturated heterocycles. The molecule has 0 bridgehead atoms. The number of urea groups is 1. The minimum absolute atomic E-state index is 0.0985. The molecule has 0 radical (unpaired) electrons. The number of aryl methyl sites for hydroxylation is 1. The first-order valence-electron chi connectivity index (χ1n) is 6.97. The molecule has 7 heteroatoms. The van der Waals surface area contributed by atoms with Gasteiger partial charge >= 0.3 is 6.03 Å². The summed E-state index contributed by atoms with van der Waals surface area (Å²) in [5.41, 5.74) is 2.24. The molecule has 1 aromatic carbocycles. The highest BCUT2D eigenvalue weighted by Gasteiger charge is 2.27. The first-order chi connectivity index (χ1) is 10.7. The maximum absolute atomic E-state index is 11.5. The Morgan fingerprint density at radius 3 is 2.86 bits per heavy atom. The fourth-order valence-corrected chi connectivity index (χ4v) is 3.21. The van der Waals surface area contributed by atoms with Crippen LogP contribution in [0.25, 0.3) is 5.69 Å². The predicted molar refractivity (Wildman–Crippen MR) is 84.1 cm³/mol. The van der Waals surface area contributed by atoms with Crippen molar-refractivity contribution in [2.24, 2.45) is 0 Å². The van der Waals surface area contributed by atoms with Crippen LogP contribution < -0.4 is 5.32 Å². The van der Waals surface area contributed by atoms with E-state index >= 15 is 0 Å². The lowest BCUT2D eigenvalue weighted by molar-refractivity contribution is -0.124. The zero-order valence-corrected chi connectivity index (χ0v) is 13.0. The zero-order valence-electron chi connectivity index (χ0n) is 12.2. The standard InChI is InChI=1S/C15H16N4O2S/c1-11-4-2-3-5-12(11)18-7-6-16-15(18)22-9-8-19-13(20)10-17-14(19)21/h2-7H,8-10H2,1H3,(H,17,21). The first kappa shape index (κ1) is 14.6. The molecule has 114 valence electrons. The lowest BCUT2D eigenvalue weighted by Gasteiger charge is -2.13. The lowest BCUT2D eigenvalue weighted by atomic mass is 10.2. The van der Waals surface area contributed by atoms with Gasteiger partial charge in [0, 0.05) is 24.7 Å². The van der Waals surface area contributed by atoms with E-state index in [-0.39, 0.29) is 18.5 Å². The molecule has 3 amide bonds. The van der Waals surface area contributed by atoms with E-state index in [4.69, 9.17) is 0 Å². The number of nitrogens with zero attached hydrogens (tertiary/aromatic N) is 3. The number of aromatic nitrogens is 2. The Morgan fingerprint density at radius 2 is 2.14 bits per heavy atom. The smallest absolute Gasteiger partial charge is 0.324 e. The van der Waals surface area contributed by atoms with Crippen LogP contribution in [0.4, 0.5) is 4.79 Å². The summed E-state index contributed by atoms with van der Waals surface area (Å²) in [4.78, 5) is 28.6. The van der Waals surface area contributed by atoms with E-state index in [9.17, 15) is 9.59 Å². The minimum atomic E-state index is -0.312. The van der Waals surface area contributed by atoms with E-state index in [1.807, 2.05) is 29.0 Å². The molecule has 22 heavy (non-hydrogen) atoms. The van der Waals surface area contributed by atoms with Crippen LogP contribution in [0.15, 0.2) is 41.8 Å². The fourth-order valence-electron chi connectivity index (χ4n) is 2.32. The van der Waals surface area contributed by atoms with E-state index in [1.54, 1.807) is 6.20 Å². The number of nitrogens with one attached hydrogen (secondary N) is 1. The van der Waals surface area contributed by atoms with Gasteiger partial charge in [0.25, 0.3) is 0 Å². The summed E-state index contributed by atoms with van der Waals surface area (Å²) < 4.78 is 2.02. The number of hydrogen-bond acceptors (Lipinski definition) is 4. The summed E-state index contributed by atoms with van der Waals surface area (Å²) in [5, 5.41) is 3.36. The molecular weight excluding hydrogens is 300 g/mol. The van der Waals surface area contributed by atoms with Crippen molar-refractivity contribution in [2.75, 3.05) is 18.8 Å². The van der Waals surface area contributed by atoms with Crippen molar-refractivity contribution in [2.45, 2.75) is 12.1 Å². The number of carbonyl (C=O) groups is 2. The highest BCUT2D eigenvalue weighted by Crippen LogP contribution is 2.22. The molecule has 0 unspecified atom stereocenters. The maximum Gasteiger partial charge on any atom is 0.324 e. The molecule has 2 aromatic rings. The average Bonchev–Trinajstić information content (AvgIpc) is 3.09. The normalized spacial score (nSPS) is 14.5. The van der Waals surface area contributed by atoms with Gasteiger partial charge in [0.2, 0.25) is 5.91 Å². The van der Waals surface area contributed by atoms with E-state index in [0.29, 0.717) is 12.3 Å². The molecule has 3 rings (SSSR count). The second kappa shape index (κ2) is 6.23. The molecule has 0 aliphatic carbocycles. The van der Waals surface area contributed by atoms with Crippen molar-refractivity contribution in [3.05, 3.63) is 42.2 Å². The Bertz CT molecular complexity index is 697. The van der Waals surface area contributed by atoms with E-state index in [1.165, 1.54) is 16.7 Å². The van der Waals surface area contributed by atoms with Crippen molar-refractivity contribution in [3.63, 3.8) is 0 Å². The van der Waals surface area contributed by atoms with Crippen molar-refractivity contribution in [3.8, 4) is 5.69 Å². The Hall–Kier alpha value is -2.28. The third-order valence-electron chi connectivity index (χ3n) is 3.46. The number of carbonyl (C=O) groups excluding carboxylic acids is 2. The predicted octanol–water partition coefficient (Wildman–Crippen LogP) is 1.82. The average molecular weight is 316 g/mol. The summed E-state index contributed by atoms with van der Waals surface area (Å²) in [6, 6.07) is 7.77. The number of thioether (sulfide) groups is 1. The SMILES string of the molecule is Cc1ccccc1-n1ccnc1SCCN1C(=O)CNC1=O. The van der Waals surface area contributed by atoms with Gasteiger partial charge in [-0.3, -0.25) is 14.3 Å². The molecular formula is C15H16N4O2S. The highest BCUT2D eigenvalue weighted by atomic mass is 32.2. The van der Waals surface area contributed by atoms with Crippen molar-refractivity contribution < 1.29 is 9.59 Å². The zero-order chi connectivity index (χ0) is 15.5. The molecule has 1 aliphatic heterocycles. The molecule has 2 heterocycles. The third kappa shape index (κ3) is 2.85. The largest absolute Gasteiger partial charge is 0.329 e. The van der Waals surface area contributed by atoms with Gasteiger partial charge in [0.15, 0.2) is 5.16 Å². The van der Waals surface area contributed by atoms with Gasteiger partial charge in [-0.2, -0.15) is 0 Å². The van der Waals surface area contributed by atoms with Gasteiger partial charge in [0.1, 0.15) is 0 Å². The molecule has 0 atom stereocenters. The lowest BCUT2D eigenvalue weighted by Crippen LogP contribution is -2.32. The summed E-state index contributed by atoms with van der Waals surface area (Å²) in [6.07, 6.45) is 3.67. The quantitative estimate of drug-likeness (QED) is 0.675. The number of benzene rings is 1. The van der Waals surface area contributed by atoms with Gasteiger partial charge in [-0.1, -0.05) is 30.0 Å². The minimum Gasteiger partial charge on any atom is -0.329 e. The molecule has 1 aromatic heterocycles. The molecule has 1 fully saturated rings. The number of imide groups is 1. The second-order valence-corrected chi connectivity index (χ2v) is 5.98. The Morgan fingerprint density at radius 1 is 1.32 bits per heavy atom. The molecule has 6 nitrogen and oxygen atoms in total. The molecule has 0 saturated carbocycles. The van der Waals surface area contributed by atoms with Crippen LogP contribution in [0.2, 0.25) is 0 Å². The van der Waals surface area contributed by atoms with Crippen LogP contribution in [-0.4, -0.2) is 45.2 Å². The third-order valence-corrected chi connectivity index (χ3v) is 4.41. The van der Waals surface area contributed by atoms with E-state index in [2.05, 4.69) is 23.3 Å². The van der Waals surface area contributed by atoms with Crippen molar-refractivity contribution in [1.82, 2.24) is 19.8 Å². The van der Waals surface area contributed by atoms with E-state index in [0.717, 1.165) is 16.4 Å². The summed E-state index contributed by atoms with van der Waals surface area (Å²) in [6.45, 7) is 2.54. The monoisotopic (exact) mass is 316 g/mol. The van der Waals surface area contributed by atoms with E-state index < -0.39 is 0 Å². The number of imidazole rings is 1. The summed E-state index contributed by atoms with van der Waals surface area (Å²) in [7, 11) is 0. The Balaban J connectivity index is 1.67. The highest BCUT2D eigenvalue weighted by molar-refractivity contribution is 7.99. The van der Waals surface area contributed by atoms with Crippen LogP contribution >= 0.6 is 11.8 Å². The number of hydrogen-bond donors (Lipinski definition) is 1. The van der Waals surface area contributed by atoms with Crippen molar-refractivity contribution in [1.29, 1.82) is 0 Å². The molecule has 1 N–H and O–H groups in total. The number of rotatable bonds is 5. The maximum atomic E-state index is 11.5. The Labute approximate surface area is 132 Å². The fraction of sp³-hybridized carbons (Fsp3) is 0.267. The van der Waals surface area contributed by atoms with Crippen LogP contribution in [0, 0.1) is 6.92 Å². The molecule has 1 aliphatic rings. The van der Waals surface area contributed by atoms with Crippen LogP contribution in [0.1, 0.15) is 5.56 Å². The Kier molecular flexibility index (Phi) is 4.15. The van der Waals surface area contributed by atoms with Gasteiger partial charge in [-0.15, -0.1) is 0 Å². The van der Waals surface area contributed by atoms with Gasteiger partial charge in [-0.05, 0) is 18.6 Å². The van der Waals surface area contributed by atoms with Crippen LogP contribution in [0.3, 0.4) is 0 Å². The summed E-state index contributed by atoms with van der Waals surface area (Å²) in [5.74, 6) is 0.440.